The van der Waals surface area contributed by atoms with Gasteiger partial charge in [-0.05, 0) is 30.3 Å². The highest BCUT2D eigenvalue weighted by molar-refractivity contribution is 9.10. The summed E-state index contributed by atoms with van der Waals surface area (Å²) in [6.07, 6.45) is 0. The average Bonchev–Trinajstić information content (AvgIpc) is 2.37. The Morgan fingerprint density at radius 2 is 2.05 bits per heavy atom. The van der Waals surface area contributed by atoms with E-state index >= 15 is 0 Å². The van der Waals surface area contributed by atoms with Crippen molar-refractivity contribution in [1.29, 1.82) is 0 Å². The predicted molar refractivity (Wildman–Crippen MR) is 84.5 cm³/mol. The van der Waals surface area contributed by atoms with Gasteiger partial charge in [0.2, 0.25) is 0 Å². The average molecular weight is 356 g/mol. The van der Waals surface area contributed by atoms with Gasteiger partial charge in [0, 0.05) is 21.9 Å². The molecular formula is C14H12BrClN2O2. The first kappa shape index (κ1) is 14.7. The summed E-state index contributed by atoms with van der Waals surface area (Å²) < 4.78 is 5.94. The zero-order chi connectivity index (χ0) is 14.7. The Bertz CT molecular complexity index is 662. The van der Waals surface area contributed by atoms with Gasteiger partial charge < -0.3 is 15.8 Å². The van der Waals surface area contributed by atoms with Crippen LogP contribution in [0.3, 0.4) is 0 Å². The van der Waals surface area contributed by atoms with E-state index in [9.17, 15) is 4.79 Å². The summed E-state index contributed by atoms with van der Waals surface area (Å²) in [4.78, 5) is 12.2. The summed E-state index contributed by atoms with van der Waals surface area (Å²) >= 11 is 9.36. The fourth-order valence-corrected chi connectivity index (χ4v) is 2.41. The standard InChI is InChI=1S/C14H12BrClN2O2/c1-20-11-5-8(15)4-10(7-11)18-14(19)12-3-2-9(17)6-13(12)16/h2-7H,17H2,1H3,(H,18,19). The smallest absolute Gasteiger partial charge is 0.257 e. The Hall–Kier alpha value is -1.72. The van der Waals surface area contributed by atoms with Crippen LogP contribution in [-0.2, 0) is 0 Å². The maximum Gasteiger partial charge on any atom is 0.257 e. The molecule has 0 atom stereocenters. The fraction of sp³-hybridized carbons (Fsp3) is 0.0714. The largest absolute Gasteiger partial charge is 0.497 e. The van der Waals surface area contributed by atoms with Crippen LogP contribution in [0.5, 0.6) is 5.75 Å². The van der Waals surface area contributed by atoms with Crippen LogP contribution in [-0.4, -0.2) is 13.0 Å². The second kappa shape index (κ2) is 6.15. The number of hydrogen-bond acceptors (Lipinski definition) is 3. The van der Waals surface area contributed by atoms with E-state index in [0.29, 0.717) is 27.7 Å². The van der Waals surface area contributed by atoms with Crippen molar-refractivity contribution >= 4 is 44.8 Å². The highest BCUT2D eigenvalue weighted by Crippen LogP contribution is 2.26. The van der Waals surface area contributed by atoms with Crippen molar-refractivity contribution in [3.05, 3.63) is 51.5 Å². The van der Waals surface area contributed by atoms with E-state index in [0.717, 1.165) is 4.47 Å². The lowest BCUT2D eigenvalue weighted by molar-refractivity contribution is 0.102. The molecule has 2 aromatic carbocycles. The molecule has 0 radical (unpaired) electrons. The van der Waals surface area contributed by atoms with E-state index in [4.69, 9.17) is 22.1 Å². The molecule has 2 rings (SSSR count). The molecule has 0 bridgehead atoms. The van der Waals surface area contributed by atoms with E-state index in [1.807, 2.05) is 0 Å². The van der Waals surface area contributed by atoms with Gasteiger partial charge in [0.15, 0.2) is 0 Å². The first-order valence-corrected chi connectivity index (χ1v) is 6.87. The van der Waals surface area contributed by atoms with Crippen molar-refractivity contribution in [2.24, 2.45) is 0 Å². The maximum absolute atomic E-state index is 12.2. The van der Waals surface area contributed by atoms with E-state index in [1.165, 1.54) is 6.07 Å². The van der Waals surface area contributed by atoms with E-state index in [-0.39, 0.29) is 5.91 Å². The molecule has 0 spiro atoms. The predicted octanol–water partition coefficient (Wildman–Crippen LogP) is 3.95. The van der Waals surface area contributed by atoms with Gasteiger partial charge in [-0.15, -0.1) is 0 Å². The molecule has 2 aromatic rings. The fourth-order valence-electron chi connectivity index (χ4n) is 1.67. The Kier molecular flexibility index (Phi) is 4.52. The minimum Gasteiger partial charge on any atom is -0.497 e. The summed E-state index contributed by atoms with van der Waals surface area (Å²) in [6.45, 7) is 0. The molecule has 104 valence electrons. The van der Waals surface area contributed by atoms with Gasteiger partial charge in [-0.2, -0.15) is 0 Å². The summed E-state index contributed by atoms with van der Waals surface area (Å²) in [5.74, 6) is 0.327. The van der Waals surface area contributed by atoms with Gasteiger partial charge >= 0.3 is 0 Å². The number of nitrogens with one attached hydrogen (secondary N) is 1. The molecule has 0 unspecified atom stereocenters. The summed E-state index contributed by atoms with van der Waals surface area (Å²) in [5, 5.41) is 3.07. The topological polar surface area (TPSA) is 64.3 Å². The SMILES string of the molecule is COc1cc(Br)cc(NC(=O)c2ccc(N)cc2Cl)c1. The van der Waals surface area contributed by atoms with Crippen LogP contribution in [0, 0.1) is 0 Å². The van der Waals surface area contributed by atoms with Crippen molar-refractivity contribution in [2.45, 2.75) is 0 Å². The van der Waals surface area contributed by atoms with E-state index in [1.54, 1.807) is 37.4 Å². The van der Waals surface area contributed by atoms with Crippen LogP contribution < -0.4 is 15.8 Å². The van der Waals surface area contributed by atoms with Crippen LogP contribution in [0.2, 0.25) is 5.02 Å². The first-order valence-electron chi connectivity index (χ1n) is 5.70. The molecule has 0 aliphatic carbocycles. The molecule has 3 N–H and O–H groups in total. The van der Waals surface area contributed by atoms with Gasteiger partial charge in [0.1, 0.15) is 5.75 Å². The van der Waals surface area contributed by atoms with E-state index in [2.05, 4.69) is 21.2 Å². The molecule has 0 saturated carbocycles. The molecule has 0 saturated heterocycles. The lowest BCUT2D eigenvalue weighted by atomic mass is 10.2. The van der Waals surface area contributed by atoms with Gasteiger partial charge in [-0.25, -0.2) is 0 Å². The first-order chi connectivity index (χ1) is 9.49. The van der Waals surface area contributed by atoms with Crippen molar-refractivity contribution < 1.29 is 9.53 Å². The summed E-state index contributed by atoms with van der Waals surface area (Å²) in [6, 6.07) is 10.0. The number of halogens is 2. The number of hydrogen-bond donors (Lipinski definition) is 2. The third kappa shape index (κ3) is 3.43. The second-order valence-corrected chi connectivity index (χ2v) is 5.40. The highest BCUT2D eigenvalue weighted by atomic mass is 79.9. The molecule has 20 heavy (non-hydrogen) atoms. The van der Waals surface area contributed by atoms with Crippen molar-refractivity contribution in [1.82, 2.24) is 0 Å². The van der Waals surface area contributed by atoms with Crippen LogP contribution in [0.1, 0.15) is 10.4 Å². The quantitative estimate of drug-likeness (QED) is 0.820. The number of nitrogens with two attached hydrogens (primary N) is 1. The number of amides is 1. The molecule has 4 nitrogen and oxygen atoms in total. The van der Waals surface area contributed by atoms with Gasteiger partial charge in [0.05, 0.1) is 17.7 Å². The number of carbonyl (C=O) groups excluding carboxylic acids is 1. The van der Waals surface area contributed by atoms with Gasteiger partial charge in [-0.3, -0.25) is 4.79 Å². The lowest BCUT2D eigenvalue weighted by Crippen LogP contribution is -2.12. The summed E-state index contributed by atoms with van der Waals surface area (Å²) in [7, 11) is 1.56. The van der Waals surface area contributed by atoms with Crippen molar-refractivity contribution in [3.63, 3.8) is 0 Å². The Balaban J connectivity index is 2.25. The minimum atomic E-state index is -0.310. The molecule has 0 fully saturated rings. The second-order valence-electron chi connectivity index (χ2n) is 4.07. The van der Waals surface area contributed by atoms with Crippen LogP contribution >= 0.6 is 27.5 Å². The molecule has 0 aliphatic rings. The maximum atomic E-state index is 12.2. The highest BCUT2D eigenvalue weighted by Gasteiger charge is 2.11. The van der Waals surface area contributed by atoms with Crippen LogP contribution in [0.4, 0.5) is 11.4 Å². The molecule has 1 amide bonds. The minimum absolute atomic E-state index is 0.310. The number of rotatable bonds is 3. The molecule has 0 heterocycles. The number of nitrogen functional groups attached to an aromatic ring is 1. The van der Waals surface area contributed by atoms with Crippen LogP contribution in [0.25, 0.3) is 0 Å². The third-order valence-electron chi connectivity index (χ3n) is 2.60. The zero-order valence-electron chi connectivity index (χ0n) is 10.6. The summed E-state index contributed by atoms with van der Waals surface area (Å²) in [5.41, 5.74) is 7.08. The molecule has 0 aromatic heterocycles. The lowest BCUT2D eigenvalue weighted by Gasteiger charge is -2.09. The zero-order valence-corrected chi connectivity index (χ0v) is 13.0. The molecule has 0 aliphatic heterocycles. The monoisotopic (exact) mass is 354 g/mol. The van der Waals surface area contributed by atoms with Crippen molar-refractivity contribution in [2.75, 3.05) is 18.2 Å². The number of benzene rings is 2. The molecule has 6 heteroatoms. The van der Waals surface area contributed by atoms with Gasteiger partial charge in [-0.1, -0.05) is 27.5 Å². The third-order valence-corrected chi connectivity index (χ3v) is 3.37. The Labute approximate surface area is 130 Å². The Morgan fingerprint density at radius 3 is 2.70 bits per heavy atom. The number of ether oxygens (including phenoxy) is 1. The van der Waals surface area contributed by atoms with Crippen molar-refractivity contribution in [3.8, 4) is 5.75 Å². The Morgan fingerprint density at radius 1 is 1.30 bits per heavy atom. The van der Waals surface area contributed by atoms with E-state index < -0.39 is 0 Å². The number of anilines is 2. The van der Waals surface area contributed by atoms with Gasteiger partial charge in [0.25, 0.3) is 5.91 Å². The molecular weight excluding hydrogens is 344 g/mol. The number of methoxy groups -OCH3 is 1. The number of carbonyl (C=O) groups is 1. The normalized spacial score (nSPS) is 10.2. The van der Waals surface area contributed by atoms with Crippen LogP contribution in [0.15, 0.2) is 40.9 Å².